The van der Waals surface area contributed by atoms with Crippen molar-refractivity contribution in [3.8, 4) is 11.6 Å². The van der Waals surface area contributed by atoms with Crippen molar-refractivity contribution in [2.75, 3.05) is 7.11 Å². The highest BCUT2D eigenvalue weighted by Gasteiger charge is 2.32. The van der Waals surface area contributed by atoms with Gasteiger partial charge in [-0.3, -0.25) is 4.79 Å². The van der Waals surface area contributed by atoms with E-state index in [1.165, 1.54) is 7.11 Å². The Labute approximate surface area is 92.9 Å². The second-order valence-corrected chi connectivity index (χ2v) is 2.94. The van der Waals surface area contributed by atoms with Crippen LogP contribution in [0.15, 0.2) is 11.0 Å². The van der Waals surface area contributed by atoms with E-state index in [1.807, 2.05) is 0 Å². The van der Waals surface area contributed by atoms with Crippen molar-refractivity contribution in [2.45, 2.75) is 12.2 Å². The minimum atomic E-state index is -4.93. The molecule has 1 N–H and O–H groups in total. The number of aromatic nitrogens is 1. The van der Waals surface area contributed by atoms with Gasteiger partial charge in [-0.15, -0.1) is 24.8 Å². The molecule has 0 aliphatic carbocycles. The number of pyridine rings is 1. The molecule has 0 atom stereocenters. The number of hydrogen-bond acceptors (Lipinski definition) is 3. The van der Waals surface area contributed by atoms with E-state index in [9.17, 15) is 18.0 Å². The van der Waals surface area contributed by atoms with Crippen molar-refractivity contribution in [3.05, 3.63) is 22.0 Å². The maximum absolute atomic E-state index is 11.9. The summed E-state index contributed by atoms with van der Waals surface area (Å²) in [6, 6.07) is 0. The number of nitrogens with one attached hydrogen (secondary N) is 1. The number of methoxy groups -OCH3 is 1. The number of alkyl halides is 4. The van der Waals surface area contributed by atoms with E-state index >= 15 is 0 Å². The number of aromatic amines is 1. The molecule has 0 saturated carbocycles. The molecule has 0 unspecified atom stereocenters. The maximum atomic E-state index is 11.9. The largest absolute Gasteiger partial charge is 0.573 e. The number of halogens is 4. The lowest BCUT2D eigenvalue weighted by atomic mass is 10.3. The van der Waals surface area contributed by atoms with Crippen molar-refractivity contribution in [1.29, 1.82) is 0 Å². The van der Waals surface area contributed by atoms with Crippen LogP contribution in [0.2, 0.25) is 0 Å². The average molecular weight is 258 g/mol. The fraction of sp³-hybridized carbons (Fsp3) is 0.375. The Morgan fingerprint density at radius 1 is 1.50 bits per heavy atom. The van der Waals surface area contributed by atoms with Crippen molar-refractivity contribution in [2.24, 2.45) is 0 Å². The van der Waals surface area contributed by atoms with Gasteiger partial charge in [0.1, 0.15) is 0 Å². The zero-order valence-corrected chi connectivity index (χ0v) is 8.78. The predicted molar refractivity (Wildman–Crippen MR) is 49.9 cm³/mol. The molecule has 16 heavy (non-hydrogen) atoms. The van der Waals surface area contributed by atoms with Gasteiger partial charge >= 0.3 is 6.36 Å². The summed E-state index contributed by atoms with van der Waals surface area (Å²) < 4.78 is 43.9. The molecule has 0 aromatic carbocycles. The standard InChI is InChI=1S/C8H7ClF3NO3/c1-15-7-4(2-9)6(14)5(3-13-7)16-8(10,11)12/h3H,2H2,1H3,(H,13,14). The van der Waals surface area contributed by atoms with Crippen LogP contribution in [0.25, 0.3) is 0 Å². The first-order chi connectivity index (χ1) is 7.39. The molecule has 90 valence electrons. The van der Waals surface area contributed by atoms with E-state index in [0.717, 1.165) is 6.20 Å². The fourth-order valence-corrected chi connectivity index (χ4v) is 1.28. The maximum Gasteiger partial charge on any atom is 0.573 e. The minimum Gasteiger partial charge on any atom is -0.482 e. The van der Waals surface area contributed by atoms with Gasteiger partial charge in [0.05, 0.1) is 24.8 Å². The Hall–Kier alpha value is -1.37. The first-order valence-electron chi connectivity index (χ1n) is 3.99. The van der Waals surface area contributed by atoms with Crippen LogP contribution < -0.4 is 14.9 Å². The van der Waals surface area contributed by atoms with E-state index in [-0.39, 0.29) is 17.3 Å². The zero-order chi connectivity index (χ0) is 12.3. The summed E-state index contributed by atoms with van der Waals surface area (Å²) in [5.41, 5.74) is -1.08. The van der Waals surface area contributed by atoms with Gasteiger partial charge in [-0.2, -0.15) is 0 Å². The molecule has 0 spiro atoms. The first-order valence-corrected chi connectivity index (χ1v) is 4.52. The highest BCUT2D eigenvalue weighted by atomic mass is 35.5. The van der Waals surface area contributed by atoms with Gasteiger partial charge in [0.25, 0.3) is 0 Å². The molecule has 1 heterocycles. The van der Waals surface area contributed by atoms with E-state index in [0.29, 0.717) is 0 Å². The Morgan fingerprint density at radius 2 is 2.12 bits per heavy atom. The van der Waals surface area contributed by atoms with Crippen LogP contribution >= 0.6 is 11.6 Å². The molecule has 1 aromatic rings. The van der Waals surface area contributed by atoms with Crippen LogP contribution in [0.1, 0.15) is 5.56 Å². The molecule has 1 rings (SSSR count). The van der Waals surface area contributed by atoms with E-state index in [4.69, 9.17) is 16.3 Å². The van der Waals surface area contributed by atoms with Gasteiger partial charge in [0.2, 0.25) is 5.43 Å². The molecule has 0 fully saturated rings. The van der Waals surface area contributed by atoms with Crippen LogP contribution in [0, 0.1) is 0 Å². The van der Waals surface area contributed by atoms with Crippen molar-refractivity contribution >= 4 is 11.6 Å². The highest BCUT2D eigenvalue weighted by Crippen LogP contribution is 2.22. The van der Waals surface area contributed by atoms with Gasteiger partial charge in [0.15, 0.2) is 11.6 Å². The Kier molecular flexibility index (Phi) is 3.69. The van der Waals surface area contributed by atoms with Gasteiger partial charge in [-0.05, 0) is 0 Å². The number of H-pyrrole nitrogens is 1. The number of rotatable bonds is 3. The van der Waals surface area contributed by atoms with Gasteiger partial charge < -0.3 is 14.5 Å². The van der Waals surface area contributed by atoms with Gasteiger partial charge in [-0.1, -0.05) is 0 Å². The van der Waals surface area contributed by atoms with Crippen molar-refractivity contribution in [3.63, 3.8) is 0 Å². The normalized spacial score (nSPS) is 11.3. The van der Waals surface area contributed by atoms with Crippen LogP contribution in [-0.4, -0.2) is 18.5 Å². The molecule has 0 bridgehead atoms. The van der Waals surface area contributed by atoms with Gasteiger partial charge in [0, 0.05) is 0 Å². The number of ether oxygens (including phenoxy) is 2. The number of hydrogen-bond donors (Lipinski definition) is 1. The summed E-state index contributed by atoms with van der Waals surface area (Å²) in [6.07, 6.45) is -4.16. The SMILES string of the molecule is COc1[nH]cc(OC(F)(F)F)c(=O)c1CCl. The summed E-state index contributed by atoms with van der Waals surface area (Å²) in [5, 5.41) is 0. The topological polar surface area (TPSA) is 51.3 Å². The molecule has 4 nitrogen and oxygen atoms in total. The molecule has 0 aliphatic heterocycles. The zero-order valence-electron chi connectivity index (χ0n) is 8.02. The van der Waals surface area contributed by atoms with Crippen LogP contribution in [0.5, 0.6) is 11.6 Å². The average Bonchev–Trinajstić information content (AvgIpc) is 2.19. The third-order valence-electron chi connectivity index (χ3n) is 1.67. The smallest absolute Gasteiger partial charge is 0.482 e. The van der Waals surface area contributed by atoms with Crippen molar-refractivity contribution < 1.29 is 22.6 Å². The molecule has 0 amide bonds. The molecular weight excluding hydrogens is 251 g/mol. The third-order valence-corrected chi connectivity index (χ3v) is 1.94. The lowest BCUT2D eigenvalue weighted by Gasteiger charge is -2.10. The molecule has 0 radical (unpaired) electrons. The van der Waals surface area contributed by atoms with Crippen LogP contribution in [-0.2, 0) is 5.88 Å². The van der Waals surface area contributed by atoms with Crippen molar-refractivity contribution in [1.82, 2.24) is 4.98 Å². The Bertz CT molecular complexity index is 430. The molecule has 0 aliphatic rings. The predicted octanol–water partition coefficient (Wildman–Crippen LogP) is 2.02. The molecular formula is C8H7ClF3NO3. The Balaban J connectivity index is 3.20. The monoisotopic (exact) mass is 257 g/mol. The lowest BCUT2D eigenvalue weighted by molar-refractivity contribution is -0.275. The first kappa shape index (κ1) is 12.7. The summed E-state index contributed by atoms with van der Waals surface area (Å²) >= 11 is 5.42. The molecule has 1 aromatic heterocycles. The third kappa shape index (κ3) is 2.82. The summed E-state index contributed by atoms with van der Waals surface area (Å²) in [6.45, 7) is 0. The van der Waals surface area contributed by atoms with E-state index < -0.39 is 17.5 Å². The quantitative estimate of drug-likeness (QED) is 0.843. The Morgan fingerprint density at radius 3 is 2.56 bits per heavy atom. The van der Waals surface area contributed by atoms with Crippen LogP contribution in [0.4, 0.5) is 13.2 Å². The molecule has 0 saturated heterocycles. The summed E-state index contributed by atoms with van der Waals surface area (Å²) in [4.78, 5) is 13.8. The lowest BCUT2D eigenvalue weighted by Crippen LogP contribution is -2.23. The summed E-state index contributed by atoms with van der Waals surface area (Å²) in [5.74, 6) is -1.15. The van der Waals surface area contributed by atoms with E-state index in [1.54, 1.807) is 0 Å². The van der Waals surface area contributed by atoms with E-state index in [2.05, 4.69) is 9.72 Å². The van der Waals surface area contributed by atoms with Crippen LogP contribution in [0.3, 0.4) is 0 Å². The second-order valence-electron chi connectivity index (χ2n) is 2.68. The minimum absolute atomic E-state index is 0.00882. The van der Waals surface area contributed by atoms with Gasteiger partial charge in [-0.25, -0.2) is 0 Å². The highest BCUT2D eigenvalue weighted by molar-refractivity contribution is 6.17. The summed E-state index contributed by atoms with van der Waals surface area (Å²) in [7, 11) is 1.26. The molecule has 8 heteroatoms. The second kappa shape index (κ2) is 4.65. The fourth-order valence-electron chi connectivity index (χ4n) is 1.04.